The zero-order valence-electron chi connectivity index (χ0n) is 9.65. The number of aromatic nitrogens is 2. The summed E-state index contributed by atoms with van der Waals surface area (Å²) in [6.45, 7) is 0. The molecule has 0 radical (unpaired) electrons. The van der Waals surface area contributed by atoms with Crippen LogP contribution >= 0.6 is 0 Å². The van der Waals surface area contributed by atoms with Crippen molar-refractivity contribution in [2.24, 2.45) is 5.73 Å². The summed E-state index contributed by atoms with van der Waals surface area (Å²) in [4.78, 5) is 8.10. The van der Waals surface area contributed by atoms with Gasteiger partial charge in [-0.2, -0.15) is 0 Å². The molecule has 0 fully saturated rings. The minimum Gasteiger partial charge on any atom is -0.317 e. The quantitative estimate of drug-likeness (QED) is 0.823. The molecule has 0 unspecified atom stereocenters. The summed E-state index contributed by atoms with van der Waals surface area (Å²) in [5.74, 6) is 0.0187. The van der Waals surface area contributed by atoms with Crippen LogP contribution < -0.4 is 5.73 Å². The lowest BCUT2D eigenvalue weighted by Gasteiger charge is -2.03. The van der Waals surface area contributed by atoms with Gasteiger partial charge in [0.05, 0.1) is 0 Å². The van der Waals surface area contributed by atoms with E-state index < -0.39 is 15.7 Å². The summed E-state index contributed by atoms with van der Waals surface area (Å²) in [6.07, 6.45) is 1.93. The molecule has 0 aliphatic rings. The summed E-state index contributed by atoms with van der Waals surface area (Å²) in [6, 6.07) is 11.0. The Hall–Kier alpha value is -1.79. The first-order chi connectivity index (χ1) is 8.62. The standard InChI is InChI=1S/C12H13N3O2S/c13-9-18(16,17)12-6-7-14-11(15-12)8-10-4-2-1-3-5-10/h1-7H,8-9,13H2. The van der Waals surface area contributed by atoms with Crippen LogP contribution in [0.1, 0.15) is 11.4 Å². The predicted molar refractivity (Wildman–Crippen MR) is 67.5 cm³/mol. The van der Waals surface area contributed by atoms with Gasteiger partial charge in [0.1, 0.15) is 11.7 Å². The van der Waals surface area contributed by atoms with Crippen LogP contribution in [0.25, 0.3) is 0 Å². The van der Waals surface area contributed by atoms with E-state index in [4.69, 9.17) is 5.73 Å². The minimum absolute atomic E-state index is 0.0223. The monoisotopic (exact) mass is 263 g/mol. The summed E-state index contributed by atoms with van der Waals surface area (Å²) in [5, 5.41) is -0.0223. The number of hydrogen-bond donors (Lipinski definition) is 1. The lowest BCUT2D eigenvalue weighted by Crippen LogP contribution is -2.16. The van der Waals surface area contributed by atoms with Crippen molar-refractivity contribution in [3.63, 3.8) is 0 Å². The number of rotatable bonds is 4. The van der Waals surface area contributed by atoms with Crippen LogP contribution in [-0.2, 0) is 16.3 Å². The van der Waals surface area contributed by atoms with Gasteiger partial charge >= 0.3 is 0 Å². The second kappa shape index (κ2) is 5.24. The largest absolute Gasteiger partial charge is 0.317 e. The Kier molecular flexibility index (Phi) is 3.69. The van der Waals surface area contributed by atoms with Crippen molar-refractivity contribution in [2.45, 2.75) is 11.4 Å². The van der Waals surface area contributed by atoms with Crippen LogP contribution in [0.4, 0.5) is 0 Å². The summed E-state index contributed by atoms with van der Waals surface area (Å²) in [5.41, 5.74) is 6.22. The minimum atomic E-state index is -3.49. The topological polar surface area (TPSA) is 85.9 Å². The van der Waals surface area contributed by atoms with Gasteiger partial charge in [-0.1, -0.05) is 30.3 Å². The molecule has 2 N–H and O–H groups in total. The molecule has 94 valence electrons. The van der Waals surface area contributed by atoms with Crippen LogP contribution in [0.2, 0.25) is 0 Å². The number of nitrogens with zero attached hydrogens (tertiary/aromatic N) is 2. The lowest BCUT2D eigenvalue weighted by atomic mass is 10.1. The van der Waals surface area contributed by atoms with E-state index in [-0.39, 0.29) is 5.03 Å². The predicted octanol–water partition coefficient (Wildman–Crippen LogP) is 0.757. The second-order valence-electron chi connectivity index (χ2n) is 3.75. The van der Waals surface area contributed by atoms with E-state index in [0.29, 0.717) is 12.2 Å². The maximum absolute atomic E-state index is 11.6. The average molecular weight is 263 g/mol. The molecule has 1 aromatic carbocycles. The van der Waals surface area contributed by atoms with E-state index in [9.17, 15) is 8.42 Å². The van der Waals surface area contributed by atoms with Crippen molar-refractivity contribution < 1.29 is 8.42 Å². The van der Waals surface area contributed by atoms with E-state index in [1.807, 2.05) is 30.3 Å². The normalized spacial score (nSPS) is 11.4. The fourth-order valence-electron chi connectivity index (χ4n) is 1.50. The highest BCUT2D eigenvalue weighted by molar-refractivity contribution is 7.91. The third-order valence-corrected chi connectivity index (χ3v) is 3.73. The Balaban J connectivity index is 2.29. The first kappa shape index (κ1) is 12.7. The number of hydrogen-bond acceptors (Lipinski definition) is 5. The van der Waals surface area contributed by atoms with Crippen molar-refractivity contribution in [3.8, 4) is 0 Å². The highest BCUT2D eigenvalue weighted by Crippen LogP contribution is 2.09. The van der Waals surface area contributed by atoms with Gasteiger partial charge in [-0.15, -0.1) is 0 Å². The third-order valence-electron chi connectivity index (χ3n) is 2.42. The number of nitrogens with two attached hydrogens (primary N) is 1. The van der Waals surface area contributed by atoms with E-state index in [1.54, 1.807) is 0 Å². The number of benzene rings is 1. The molecule has 0 spiro atoms. The fourth-order valence-corrected chi connectivity index (χ4v) is 2.19. The summed E-state index contributed by atoms with van der Waals surface area (Å²) in [7, 11) is -3.49. The van der Waals surface area contributed by atoms with Crippen LogP contribution in [0.5, 0.6) is 0 Å². The maximum Gasteiger partial charge on any atom is 0.208 e. The van der Waals surface area contributed by atoms with E-state index >= 15 is 0 Å². The van der Waals surface area contributed by atoms with Gasteiger partial charge in [-0.05, 0) is 11.6 Å². The van der Waals surface area contributed by atoms with Gasteiger partial charge < -0.3 is 5.73 Å². The van der Waals surface area contributed by atoms with Gasteiger partial charge in [0.25, 0.3) is 0 Å². The highest BCUT2D eigenvalue weighted by atomic mass is 32.2. The Morgan fingerprint density at radius 2 is 1.83 bits per heavy atom. The van der Waals surface area contributed by atoms with Crippen molar-refractivity contribution in [1.29, 1.82) is 0 Å². The second-order valence-corrected chi connectivity index (χ2v) is 5.74. The molecule has 0 amide bonds. The summed E-state index contributed by atoms with van der Waals surface area (Å²) >= 11 is 0. The van der Waals surface area contributed by atoms with Gasteiger partial charge in [0.15, 0.2) is 5.03 Å². The highest BCUT2D eigenvalue weighted by Gasteiger charge is 2.14. The van der Waals surface area contributed by atoms with Crippen LogP contribution in [-0.4, -0.2) is 24.3 Å². The van der Waals surface area contributed by atoms with Gasteiger partial charge in [0.2, 0.25) is 9.84 Å². The average Bonchev–Trinajstić information content (AvgIpc) is 2.40. The fraction of sp³-hybridized carbons (Fsp3) is 0.167. The van der Waals surface area contributed by atoms with Crippen molar-refractivity contribution in [1.82, 2.24) is 9.97 Å². The van der Waals surface area contributed by atoms with E-state index in [1.165, 1.54) is 12.3 Å². The Morgan fingerprint density at radius 3 is 2.50 bits per heavy atom. The van der Waals surface area contributed by atoms with Gasteiger partial charge in [-0.25, -0.2) is 18.4 Å². The molecule has 5 nitrogen and oxygen atoms in total. The molecule has 0 saturated carbocycles. The molecule has 1 aromatic heterocycles. The molecule has 18 heavy (non-hydrogen) atoms. The molecule has 2 rings (SSSR count). The van der Waals surface area contributed by atoms with Crippen LogP contribution in [0, 0.1) is 0 Å². The molecule has 0 atom stereocenters. The molecular weight excluding hydrogens is 250 g/mol. The molecular formula is C12H13N3O2S. The molecule has 6 heteroatoms. The molecule has 2 aromatic rings. The van der Waals surface area contributed by atoms with E-state index in [2.05, 4.69) is 9.97 Å². The molecule has 1 heterocycles. The maximum atomic E-state index is 11.6. The van der Waals surface area contributed by atoms with E-state index in [0.717, 1.165) is 5.56 Å². The van der Waals surface area contributed by atoms with Gasteiger partial charge in [-0.3, -0.25) is 0 Å². The Bertz CT molecular complexity index is 627. The molecule has 0 aliphatic heterocycles. The summed E-state index contributed by atoms with van der Waals surface area (Å²) < 4.78 is 23.2. The molecule has 0 aliphatic carbocycles. The molecule has 0 bridgehead atoms. The van der Waals surface area contributed by atoms with Crippen LogP contribution in [0.3, 0.4) is 0 Å². The SMILES string of the molecule is NCS(=O)(=O)c1ccnc(Cc2ccccc2)n1. The zero-order chi connectivity index (χ0) is 13.0. The van der Waals surface area contributed by atoms with Gasteiger partial charge in [0, 0.05) is 12.6 Å². The smallest absolute Gasteiger partial charge is 0.208 e. The van der Waals surface area contributed by atoms with Crippen molar-refractivity contribution in [2.75, 3.05) is 5.88 Å². The zero-order valence-corrected chi connectivity index (χ0v) is 10.5. The first-order valence-corrected chi connectivity index (χ1v) is 7.06. The first-order valence-electron chi connectivity index (χ1n) is 5.40. The Labute approximate surface area is 106 Å². The van der Waals surface area contributed by atoms with Crippen molar-refractivity contribution >= 4 is 9.84 Å². The molecule has 0 saturated heterocycles. The Morgan fingerprint density at radius 1 is 1.11 bits per heavy atom. The van der Waals surface area contributed by atoms with Crippen molar-refractivity contribution in [3.05, 3.63) is 54.0 Å². The number of sulfone groups is 1. The van der Waals surface area contributed by atoms with Crippen LogP contribution in [0.15, 0.2) is 47.6 Å². The third kappa shape index (κ3) is 2.91. The lowest BCUT2D eigenvalue weighted by molar-refractivity contribution is 0.591.